The van der Waals surface area contributed by atoms with Crippen LogP contribution in [0.4, 0.5) is 0 Å². The maximum Gasteiger partial charge on any atom is 0.328 e. The minimum atomic E-state index is -0.819. The third-order valence-electron chi connectivity index (χ3n) is 3.56. The fourth-order valence-electron chi connectivity index (χ4n) is 2.27. The number of hydrogen-bond acceptors (Lipinski definition) is 5. The van der Waals surface area contributed by atoms with Gasteiger partial charge in [0.05, 0.1) is 7.11 Å². The van der Waals surface area contributed by atoms with Crippen LogP contribution < -0.4 is 16.0 Å². The van der Waals surface area contributed by atoms with Crippen LogP contribution in [-0.2, 0) is 23.9 Å². The minimum absolute atomic E-state index is 0.138. The van der Waals surface area contributed by atoms with Crippen LogP contribution in [0.15, 0.2) is 0 Å². The van der Waals surface area contributed by atoms with E-state index in [4.69, 9.17) is 0 Å². The Morgan fingerprint density at radius 2 is 1.44 bits per heavy atom. The smallest absolute Gasteiger partial charge is 0.328 e. The first-order valence-electron chi connectivity index (χ1n) is 8.45. The van der Waals surface area contributed by atoms with Crippen molar-refractivity contribution < 1.29 is 23.9 Å². The van der Waals surface area contributed by atoms with Crippen LogP contribution in [0.5, 0.6) is 0 Å². The molecule has 0 saturated carbocycles. The third kappa shape index (κ3) is 8.51. The highest BCUT2D eigenvalue weighted by molar-refractivity contribution is 5.93. The van der Waals surface area contributed by atoms with Crippen molar-refractivity contribution in [3.8, 4) is 0 Å². The van der Waals surface area contributed by atoms with Gasteiger partial charge in [-0.25, -0.2) is 4.79 Å². The summed E-state index contributed by atoms with van der Waals surface area (Å²) in [5.41, 5.74) is 0. The molecule has 3 atom stereocenters. The van der Waals surface area contributed by atoms with Gasteiger partial charge in [-0.05, 0) is 25.2 Å². The quantitative estimate of drug-likeness (QED) is 0.516. The van der Waals surface area contributed by atoms with Gasteiger partial charge in [0.2, 0.25) is 17.7 Å². The Bertz CT molecular complexity index is 491. The second-order valence-electron chi connectivity index (χ2n) is 6.87. The lowest BCUT2D eigenvalue weighted by Gasteiger charge is -2.26. The number of ether oxygens (including phenoxy) is 1. The Kier molecular flexibility index (Phi) is 9.78. The molecule has 8 nitrogen and oxygen atoms in total. The van der Waals surface area contributed by atoms with Crippen LogP contribution in [0.3, 0.4) is 0 Å². The van der Waals surface area contributed by atoms with Crippen molar-refractivity contribution in [2.75, 3.05) is 7.11 Å². The molecule has 0 bridgehead atoms. The molecule has 0 unspecified atom stereocenters. The van der Waals surface area contributed by atoms with Crippen LogP contribution in [0.2, 0.25) is 0 Å². The van der Waals surface area contributed by atoms with E-state index in [9.17, 15) is 19.2 Å². The van der Waals surface area contributed by atoms with Crippen LogP contribution in [0.1, 0.15) is 48.0 Å². The highest BCUT2D eigenvalue weighted by Gasteiger charge is 2.29. The summed E-state index contributed by atoms with van der Waals surface area (Å²) < 4.78 is 4.58. The van der Waals surface area contributed by atoms with Gasteiger partial charge in [-0.2, -0.15) is 0 Å². The number of esters is 1. The van der Waals surface area contributed by atoms with Gasteiger partial charge in [-0.15, -0.1) is 0 Å². The summed E-state index contributed by atoms with van der Waals surface area (Å²) >= 11 is 0. The number of methoxy groups -OCH3 is 1. The molecule has 0 saturated heterocycles. The number of carbonyl (C=O) groups is 4. The first kappa shape index (κ1) is 22.9. The molecule has 0 aromatic heterocycles. The Balaban J connectivity index is 5.13. The Hall–Kier alpha value is -2.12. The molecule has 0 rings (SSSR count). The second kappa shape index (κ2) is 10.7. The van der Waals surface area contributed by atoms with Crippen molar-refractivity contribution in [2.24, 2.45) is 11.8 Å². The molecular weight excluding hydrogens is 326 g/mol. The van der Waals surface area contributed by atoms with Crippen LogP contribution in [0, 0.1) is 11.8 Å². The molecule has 3 N–H and O–H groups in total. The molecular formula is C17H31N3O5. The molecule has 25 heavy (non-hydrogen) atoms. The van der Waals surface area contributed by atoms with E-state index in [1.54, 1.807) is 13.8 Å². The van der Waals surface area contributed by atoms with E-state index in [1.165, 1.54) is 21.0 Å². The fraction of sp³-hybridized carbons (Fsp3) is 0.765. The summed E-state index contributed by atoms with van der Waals surface area (Å²) in [7, 11) is 1.24. The zero-order chi connectivity index (χ0) is 19.7. The Morgan fingerprint density at radius 3 is 1.84 bits per heavy atom. The fourth-order valence-corrected chi connectivity index (χ4v) is 2.27. The molecule has 0 fully saturated rings. The van der Waals surface area contributed by atoms with Gasteiger partial charge >= 0.3 is 5.97 Å². The van der Waals surface area contributed by atoms with E-state index in [2.05, 4.69) is 20.7 Å². The predicted octanol–water partition coefficient (Wildman–Crippen LogP) is 0.356. The van der Waals surface area contributed by atoms with E-state index in [0.29, 0.717) is 6.42 Å². The first-order valence-corrected chi connectivity index (χ1v) is 8.45. The molecule has 144 valence electrons. The molecule has 0 aromatic carbocycles. The van der Waals surface area contributed by atoms with Gasteiger partial charge in [0, 0.05) is 6.92 Å². The third-order valence-corrected chi connectivity index (χ3v) is 3.56. The van der Waals surface area contributed by atoms with Gasteiger partial charge in [0.15, 0.2) is 0 Å². The van der Waals surface area contributed by atoms with Crippen molar-refractivity contribution in [3.05, 3.63) is 0 Å². The molecule has 0 aliphatic rings. The second-order valence-corrected chi connectivity index (χ2v) is 6.87. The molecule has 0 heterocycles. The minimum Gasteiger partial charge on any atom is -0.467 e. The molecule has 0 spiro atoms. The van der Waals surface area contributed by atoms with Crippen LogP contribution in [0.25, 0.3) is 0 Å². The topological polar surface area (TPSA) is 114 Å². The summed E-state index contributed by atoms with van der Waals surface area (Å²) in [6.07, 6.45) is 0.399. The summed E-state index contributed by atoms with van der Waals surface area (Å²) in [5.74, 6) is -1.79. The van der Waals surface area contributed by atoms with Crippen LogP contribution >= 0.6 is 0 Å². The predicted molar refractivity (Wildman–Crippen MR) is 93.4 cm³/mol. The monoisotopic (exact) mass is 357 g/mol. The zero-order valence-corrected chi connectivity index (χ0v) is 16.1. The highest BCUT2D eigenvalue weighted by Crippen LogP contribution is 2.08. The first-order chi connectivity index (χ1) is 11.5. The van der Waals surface area contributed by atoms with E-state index in [-0.39, 0.29) is 17.7 Å². The maximum atomic E-state index is 12.5. The molecule has 0 aliphatic heterocycles. The lowest BCUT2D eigenvalue weighted by atomic mass is 9.99. The van der Waals surface area contributed by atoms with Gasteiger partial charge in [-0.3, -0.25) is 14.4 Å². The largest absolute Gasteiger partial charge is 0.467 e. The van der Waals surface area contributed by atoms with Crippen molar-refractivity contribution in [1.29, 1.82) is 0 Å². The average molecular weight is 357 g/mol. The number of amides is 3. The molecule has 0 radical (unpaired) electrons. The van der Waals surface area contributed by atoms with Crippen molar-refractivity contribution in [3.63, 3.8) is 0 Å². The van der Waals surface area contributed by atoms with Gasteiger partial charge in [-0.1, -0.05) is 27.7 Å². The van der Waals surface area contributed by atoms with Gasteiger partial charge in [0.1, 0.15) is 18.1 Å². The van der Waals surface area contributed by atoms with E-state index >= 15 is 0 Å². The van der Waals surface area contributed by atoms with Crippen molar-refractivity contribution >= 4 is 23.7 Å². The number of hydrogen-bond donors (Lipinski definition) is 3. The number of nitrogens with one attached hydrogen (secondary N) is 3. The number of rotatable bonds is 9. The molecule has 8 heteroatoms. The molecule has 0 aromatic rings. The van der Waals surface area contributed by atoms with Crippen molar-refractivity contribution in [2.45, 2.75) is 66.1 Å². The van der Waals surface area contributed by atoms with Gasteiger partial charge in [0.25, 0.3) is 0 Å². The summed E-state index contributed by atoms with van der Waals surface area (Å²) in [6.45, 7) is 10.3. The lowest BCUT2D eigenvalue weighted by Crippen LogP contribution is -2.56. The maximum absolute atomic E-state index is 12.5. The Morgan fingerprint density at radius 1 is 0.880 bits per heavy atom. The number of carbonyl (C=O) groups excluding carboxylic acids is 4. The zero-order valence-electron chi connectivity index (χ0n) is 16.1. The SMILES string of the molecule is COC(=O)[C@H](C)NC(=O)[C@H](CC(C)C)NC(=O)[C@H](NC(C)=O)C(C)C. The summed E-state index contributed by atoms with van der Waals surface area (Å²) in [6, 6.07) is -2.37. The Labute approximate surface area is 149 Å². The van der Waals surface area contributed by atoms with Crippen LogP contribution in [-0.4, -0.2) is 48.9 Å². The molecule has 3 amide bonds. The molecule has 0 aliphatic carbocycles. The standard InChI is InChI=1S/C17H31N3O5/c1-9(2)8-13(15(22)18-11(5)17(24)25-7)20-16(23)14(10(3)4)19-12(6)21/h9-11,13-14H,8H2,1-7H3,(H,18,22)(H,19,21)(H,20,23)/t11-,13-,14+/m0/s1. The highest BCUT2D eigenvalue weighted by atomic mass is 16.5. The summed E-state index contributed by atoms with van der Waals surface area (Å²) in [4.78, 5) is 47.7. The van der Waals surface area contributed by atoms with E-state index in [1.807, 2.05) is 13.8 Å². The lowest BCUT2D eigenvalue weighted by molar-refractivity contribution is -0.145. The summed E-state index contributed by atoms with van der Waals surface area (Å²) in [5, 5.41) is 7.80. The van der Waals surface area contributed by atoms with E-state index in [0.717, 1.165) is 0 Å². The van der Waals surface area contributed by atoms with Gasteiger partial charge < -0.3 is 20.7 Å². The normalized spacial score (nSPS) is 14.4. The van der Waals surface area contributed by atoms with Crippen molar-refractivity contribution in [1.82, 2.24) is 16.0 Å². The average Bonchev–Trinajstić information content (AvgIpc) is 2.49. The van der Waals surface area contributed by atoms with E-state index < -0.39 is 35.9 Å².